The monoisotopic (exact) mass is 328 g/mol. The van der Waals surface area contributed by atoms with Crippen molar-refractivity contribution in [3.05, 3.63) is 0 Å². The number of esters is 1. The minimum atomic E-state index is -0.201. The molecule has 0 aromatic rings. The summed E-state index contributed by atoms with van der Waals surface area (Å²) in [6.45, 7) is 9.44. The number of hydrogen-bond acceptors (Lipinski definition) is 2. The van der Waals surface area contributed by atoms with Gasteiger partial charge in [0, 0.05) is 10.2 Å². The number of hydrogen-bond donors (Lipinski definition) is 0. The van der Waals surface area contributed by atoms with Crippen molar-refractivity contribution < 1.29 is 9.53 Å². The van der Waals surface area contributed by atoms with Gasteiger partial charge in [-0.1, -0.05) is 79.1 Å². The molecule has 0 aliphatic heterocycles. The van der Waals surface area contributed by atoms with Crippen LogP contribution in [-0.4, -0.2) is 22.8 Å². The topological polar surface area (TPSA) is 26.3 Å². The van der Waals surface area contributed by atoms with Crippen LogP contribution in [0.5, 0.6) is 0 Å². The summed E-state index contributed by atoms with van der Waals surface area (Å²) in [7, 11) is 0.894. The van der Waals surface area contributed by atoms with E-state index in [1.54, 1.807) is 0 Å². The smallest absolute Gasteiger partial charge is 0.308 e. The van der Waals surface area contributed by atoms with Gasteiger partial charge in [-0.2, -0.15) is 0 Å². The van der Waals surface area contributed by atoms with Crippen molar-refractivity contribution in [3.8, 4) is 0 Å². The lowest BCUT2D eigenvalue weighted by Crippen LogP contribution is -2.32. The number of rotatable bonds is 14. The van der Waals surface area contributed by atoms with E-state index < -0.39 is 0 Å². The molecular formula is C19H40O2Si. The molecule has 22 heavy (non-hydrogen) atoms. The lowest BCUT2D eigenvalue weighted by atomic mass is 9.84. The quantitative estimate of drug-likeness (QED) is 0.254. The second-order valence-electron chi connectivity index (χ2n) is 7.25. The zero-order chi connectivity index (χ0) is 16.8. The van der Waals surface area contributed by atoms with Gasteiger partial charge in [0.05, 0.1) is 11.6 Å². The first-order chi connectivity index (χ1) is 10.5. The van der Waals surface area contributed by atoms with E-state index in [2.05, 4.69) is 27.7 Å². The van der Waals surface area contributed by atoms with Crippen LogP contribution in [0.25, 0.3) is 0 Å². The summed E-state index contributed by atoms with van der Waals surface area (Å²) in [5.74, 6) is 0.591. The summed E-state index contributed by atoms with van der Waals surface area (Å²) >= 11 is 0. The minimum Gasteiger partial charge on any atom is -0.466 e. The average Bonchev–Trinajstić information content (AvgIpc) is 2.49. The molecule has 0 aromatic heterocycles. The minimum absolute atomic E-state index is 0.0737. The summed E-state index contributed by atoms with van der Waals surface area (Å²) < 4.78 is 5.60. The molecule has 132 valence electrons. The van der Waals surface area contributed by atoms with Crippen molar-refractivity contribution in [2.24, 2.45) is 5.92 Å². The molecule has 0 saturated heterocycles. The fourth-order valence-corrected chi connectivity index (χ4v) is 3.80. The largest absolute Gasteiger partial charge is 0.466 e. The Hall–Kier alpha value is -0.313. The fourth-order valence-electron chi connectivity index (χ4n) is 3.08. The zero-order valence-electron chi connectivity index (χ0n) is 15.9. The Balaban J connectivity index is 4.30. The van der Waals surface area contributed by atoms with E-state index in [1.807, 2.05) is 0 Å². The number of carbonyl (C=O) groups excluding carboxylic acids is 1. The van der Waals surface area contributed by atoms with Gasteiger partial charge in [-0.05, 0) is 25.2 Å². The lowest BCUT2D eigenvalue weighted by molar-refractivity contribution is -0.149. The second kappa shape index (κ2) is 13.2. The molecule has 0 radical (unpaired) electrons. The fraction of sp³-hybridized carbons (Fsp3) is 0.947. The van der Waals surface area contributed by atoms with Crippen LogP contribution in [0.2, 0.25) is 5.04 Å². The van der Waals surface area contributed by atoms with Crippen molar-refractivity contribution in [2.75, 3.05) is 6.61 Å². The Morgan fingerprint density at radius 1 is 0.909 bits per heavy atom. The summed E-state index contributed by atoms with van der Waals surface area (Å²) in [6, 6.07) is 0. The molecule has 3 heteroatoms. The number of ether oxygens (including phenoxy) is 1. The van der Waals surface area contributed by atoms with E-state index in [9.17, 15) is 4.79 Å². The highest BCUT2D eigenvalue weighted by atomic mass is 28.1. The molecule has 2 unspecified atom stereocenters. The average molecular weight is 329 g/mol. The molecule has 2 atom stereocenters. The highest BCUT2D eigenvalue weighted by Crippen LogP contribution is 2.39. The van der Waals surface area contributed by atoms with E-state index in [-0.39, 0.29) is 11.0 Å². The van der Waals surface area contributed by atoms with E-state index in [0.29, 0.717) is 12.5 Å². The normalized spacial score (nSPS) is 15.5. The van der Waals surface area contributed by atoms with Gasteiger partial charge >= 0.3 is 5.97 Å². The molecule has 0 bridgehead atoms. The summed E-state index contributed by atoms with van der Waals surface area (Å²) in [6.07, 6.45) is 13.4. The van der Waals surface area contributed by atoms with Gasteiger partial charge in [-0.3, -0.25) is 4.79 Å². The maximum atomic E-state index is 12.5. The zero-order valence-corrected chi connectivity index (χ0v) is 17.9. The lowest BCUT2D eigenvalue weighted by Gasteiger charge is -2.32. The van der Waals surface area contributed by atoms with Crippen molar-refractivity contribution in [1.29, 1.82) is 0 Å². The summed E-state index contributed by atoms with van der Waals surface area (Å²) in [5.41, 5.74) is 0. The van der Waals surface area contributed by atoms with Gasteiger partial charge in [0.2, 0.25) is 0 Å². The van der Waals surface area contributed by atoms with Gasteiger partial charge < -0.3 is 4.74 Å². The molecule has 0 aliphatic rings. The first kappa shape index (κ1) is 21.7. The Morgan fingerprint density at radius 2 is 1.50 bits per heavy atom. The van der Waals surface area contributed by atoms with Crippen LogP contribution in [0.3, 0.4) is 0 Å². The van der Waals surface area contributed by atoms with E-state index in [1.165, 1.54) is 57.8 Å². The van der Waals surface area contributed by atoms with Crippen LogP contribution in [0, 0.1) is 5.92 Å². The molecule has 0 N–H and O–H groups in total. The third kappa shape index (κ3) is 8.97. The van der Waals surface area contributed by atoms with Crippen LogP contribution in [0.15, 0.2) is 0 Å². The highest BCUT2D eigenvalue weighted by Gasteiger charge is 2.36. The Morgan fingerprint density at radius 3 is 2.05 bits per heavy atom. The first-order valence-electron chi connectivity index (χ1n) is 9.67. The molecule has 0 amide bonds. The third-order valence-corrected chi connectivity index (χ3v) is 6.05. The maximum absolute atomic E-state index is 12.5. The Bertz CT molecular complexity index is 277. The van der Waals surface area contributed by atoms with Gasteiger partial charge in [0.25, 0.3) is 0 Å². The van der Waals surface area contributed by atoms with Crippen molar-refractivity contribution in [2.45, 2.75) is 103 Å². The third-order valence-electron chi connectivity index (χ3n) is 4.82. The summed E-state index contributed by atoms with van der Waals surface area (Å²) in [4.78, 5) is 12.5. The predicted octanol–water partition coefficient (Wildman–Crippen LogP) is 5.04. The van der Waals surface area contributed by atoms with Crippen LogP contribution in [-0.2, 0) is 9.53 Å². The van der Waals surface area contributed by atoms with E-state index in [0.717, 1.165) is 23.1 Å². The molecule has 0 saturated carbocycles. The molecule has 2 nitrogen and oxygen atoms in total. The van der Waals surface area contributed by atoms with Crippen LogP contribution in [0.4, 0.5) is 0 Å². The number of unbranched alkanes of at least 4 members (excludes halogenated alkanes) is 6. The van der Waals surface area contributed by atoms with Gasteiger partial charge in [0.1, 0.15) is 0 Å². The molecule has 0 rings (SSSR count). The molecule has 0 spiro atoms. The standard InChI is InChI=1S/C19H40O2Si/c1-5-8-10-12-15-17(14-7-3)19(4,22)18(20)21-16-13-11-9-6-2/h17H,5-16H2,1-4,22H3. The maximum Gasteiger partial charge on any atom is 0.308 e. The molecule has 0 fully saturated rings. The molecular weight excluding hydrogens is 288 g/mol. The van der Waals surface area contributed by atoms with Crippen LogP contribution < -0.4 is 0 Å². The first-order valence-corrected chi connectivity index (χ1v) is 10.7. The van der Waals surface area contributed by atoms with Gasteiger partial charge in [-0.25, -0.2) is 0 Å². The van der Waals surface area contributed by atoms with Crippen LogP contribution >= 0.6 is 0 Å². The van der Waals surface area contributed by atoms with E-state index in [4.69, 9.17) is 4.74 Å². The number of carbonyl (C=O) groups is 1. The molecule has 0 aromatic carbocycles. The SMILES string of the molecule is CCCCCCOC(=O)C(C)([SiH3])C(CCC)CCCCCC. The molecule has 0 aliphatic carbocycles. The van der Waals surface area contributed by atoms with Crippen molar-refractivity contribution in [1.82, 2.24) is 0 Å². The second-order valence-corrected chi connectivity index (χ2v) is 9.33. The van der Waals surface area contributed by atoms with Crippen LogP contribution in [0.1, 0.15) is 98.3 Å². The van der Waals surface area contributed by atoms with E-state index >= 15 is 0 Å². The highest BCUT2D eigenvalue weighted by molar-refractivity contribution is 6.26. The van der Waals surface area contributed by atoms with Gasteiger partial charge in [0.15, 0.2) is 0 Å². The Kier molecular flexibility index (Phi) is 13.0. The molecule has 0 heterocycles. The Labute approximate surface area is 142 Å². The summed E-state index contributed by atoms with van der Waals surface area (Å²) in [5, 5.41) is -0.201. The predicted molar refractivity (Wildman–Crippen MR) is 101 cm³/mol. The van der Waals surface area contributed by atoms with Crippen molar-refractivity contribution >= 4 is 16.2 Å². The van der Waals surface area contributed by atoms with Gasteiger partial charge in [-0.15, -0.1) is 0 Å². The van der Waals surface area contributed by atoms with Crippen molar-refractivity contribution in [3.63, 3.8) is 0 Å².